The SMILES string of the molecule is COCCOc1cc2ncnc(Nc3ccc(N4C[C@H]5C[C@@H]4CN5c4ccc(Cl)cc4)c(C4=CC(=O)C=CC4=O)c3)c2cc1OC. The van der Waals surface area contributed by atoms with Crippen molar-refractivity contribution >= 4 is 62.5 Å². The Labute approximate surface area is 271 Å². The summed E-state index contributed by atoms with van der Waals surface area (Å²) < 4.78 is 16.5. The predicted octanol–water partition coefficient (Wildman–Crippen LogP) is 5.62. The van der Waals surface area contributed by atoms with Crippen molar-refractivity contribution in [3.63, 3.8) is 0 Å². The molecule has 234 valence electrons. The van der Waals surface area contributed by atoms with Crippen molar-refractivity contribution < 1.29 is 23.8 Å². The lowest BCUT2D eigenvalue weighted by atomic mass is 9.93. The molecule has 7 rings (SSSR count). The zero-order valence-electron chi connectivity index (χ0n) is 25.4. The molecule has 2 aliphatic heterocycles. The number of piperazine rings is 1. The number of carbonyl (C=O) groups is 2. The lowest BCUT2D eigenvalue weighted by Crippen LogP contribution is -2.46. The summed E-state index contributed by atoms with van der Waals surface area (Å²) in [6, 6.07) is 18.1. The molecule has 1 N–H and O–H groups in total. The minimum atomic E-state index is -0.215. The van der Waals surface area contributed by atoms with Crippen molar-refractivity contribution in [3.8, 4) is 11.5 Å². The Kier molecular flexibility index (Phi) is 8.06. The third-order valence-corrected chi connectivity index (χ3v) is 8.93. The summed E-state index contributed by atoms with van der Waals surface area (Å²) in [7, 11) is 3.20. The monoisotopic (exact) mass is 637 g/mol. The summed E-state index contributed by atoms with van der Waals surface area (Å²) >= 11 is 6.13. The van der Waals surface area contributed by atoms with E-state index in [4.69, 9.17) is 25.8 Å². The first-order valence-electron chi connectivity index (χ1n) is 15.0. The maximum absolute atomic E-state index is 13.2. The molecule has 0 spiro atoms. The number of methoxy groups -OCH3 is 2. The number of nitrogens with one attached hydrogen (secondary N) is 1. The van der Waals surface area contributed by atoms with Gasteiger partial charge in [0.05, 0.1) is 19.2 Å². The fourth-order valence-electron chi connectivity index (χ4n) is 6.52. The van der Waals surface area contributed by atoms with Crippen molar-refractivity contribution in [2.45, 2.75) is 18.5 Å². The Bertz CT molecular complexity index is 1890. The van der Waals surface area contributed by atoms with Gasteiger partial charge in [0.15, 0.2) is 23.1 Å². The third kappa shape index (κ3) is 5.65. The van der Waals surface area contributed by atoms with Crippen LogP contribution in [0.5, 0.6) is 11.5 Å². The molecule has 0 radical (unpaired) electrons. The molecule has 46 heavy (non-hydrogen) atoms. The van der Waals surface area contributed by atoms with Gasteiger partial charge in [0.1, 0.15) is 18.8 Å². The molecule has 0 amide bonds. The van der Waals surface area contributed by atoms with Crippen LogP contribution in [0.1, 0.15) is 12.0 Å². The lowest BCUT2D eigenvalue weighted by Gasteiger charge is -2.38. The molecule has 2 saturated heterocycles. The van der Waals surface area contributed by atoms with Crippen LogP contribution >= 0.6 is 11.6 Å². The smallest absolute Gasteiger partial charge is 0.186 e. The van der Waals surface area contributed by atoms with Crippen LogP contribution in [0.25, 0.3) is 16.5 Å². The zero-order valence-corrected chi connectivity index (χ0v) is 26.2. The molecular formula is C35H32ClN5O5. The van der Waals surface area contributed by atoms with Crippen LogP contribution in [0.4, 0.5) is 22.9 Å². The van der Waals surface area contributed by atoms with Gasteiger partial charge in [-0.25, -0.2) is 9.97 Å². The maximum Gasteiger partial charge on any atom is 0.186 e. The number of anilines is 4. The highest BCUT2D eigenvalue weighted by atomic mass is 35.5. The van der Waals surface area contributed by atoms with Gasteiger partial charge in [0, 0.05) is 77.0 Å². The maximum atomic E-state index is 13.2. The molecule has 2 fully saturated rings. The number of nitrogens with zero attached hydrogens (tertiary/aromatic N) is 4. The summed E-state index contributed by atoms with van der Waals surface area (Å²) in [5.74, 6) is 1.23. The van der Waals surface area contributed by atoms with E-state index in [1.807, 2.05) is 42.5 Å². The molecule has 3 heterocycles. The number of halogens is 1. The first-order chi connectivity index (χ1) is 22.4. The second kappa shape index (κ2) is 12.5. The number of hydrogen-bond donors (Lipinski definition) is 1. The molecule has 0 saturated carbocycles. The van der Waals surface area contributed by atoms with Crippen LogP contribution in [-0.2, 0) is 14.3 Å². The standard InChI is InChI=1S/C35H32ClN5O5/c1-44-11-12-46-34-17-30-29(16-33(34)45-2)35(38-20-37-30)39-22-5-9-31(27(13-22)28-15-26(42)8-10-32(28)43)41-19-24-14-25(41)18-40(24)23-6-3-21(36)4-7-23/h3-10,13,15-17,20,24-25H,11-12,14,18-19H2,1-2H3,(H,37,38,39)/t24-,25-/m1/s1. The Morgan fingerprint density at radius 1 is 0.913 bits per heavy atom. The number of allylic oxidation sites excluding steroid dienone is 4. The van der Waals surface area contributed by atoms with Gasteiger partial charge in [0.2, 0.25) is 0 Å². The number of rotatable bonds is 10. The van der Waals surface area contributed by atoms with E-state index in [1.54, 1.807) is 14.2 Å². The summed E-state index contributed by atoms with van der Waals surface area (Å²) in [5.41, 5.74) is 4.52. The molecular weight excluding hydrogens is 606 g/mol. The Morgan fingerprint density at radius 2 is 1.72 bits per heavy atom. The number of carbonyl (C=O) groups excluding carboxylic acids is 2. The van der Waals surface area contributed by atoms with Crippen LogP contribution in [0.15, 0.2) is 79.2 Å². The van der Waals surface area contributed by atoms with Crippen LogP contribution in [0.2, 0.25) is 5.02 Å². The quantitative estimate of drug-likeness (QED) is 0.174. The Balaban J connectivity index is 1.22. The van der Waals surface area contributed by atoms with E-state index in [1.165, 1.54) is 24.6 Å². The van der Waals surface area contributed by atoms with Gasteiger partial charge in [0.25, 0.3) is 0 Å². The van der Waals surface area contributed by atoms with Crippen LogP contribution in [-0.4, -0.2) is 74.1 Å². The van der Waals surface area contributed by atoms with Crippen LogP contribution in [0, 0.1) is 0 Å². The Hall–Kier alpha value is -4.93. The Morgan fingerprint density at radius 3 is 2.48 bits per heavy atom. The second-order valence-corrected chi connectivity index (χ2v) is 11.9. The summed E-state index contributed by atoms with van der Waals surface area (Å²) in [4.78, 5) is 39.4. The highest BCUT2D eigenvalue weighted by molar-refractivity contribution is 6.34. The van der Waals surface area contributed by atoms with Crippen molar-refractivity contribution in [2.75, 3.05) is 55.6 Å². The number of aromatic nitrogens is 2. The van der Waals surface area contributed by atoms with E-state index in [2.05, 4.69) is 37.2 Å². The predicted molar refractivity (Wildman–Crippen MR) is 179 cm³/mol. The summed E-state index contributed by atoms with van der Waals surface area (Å²) in [6.45, 7) is 2.45. The van der Waals surface area contributed by atoms with E-state index in [9.17, 15) is 9.59 Å². The summed E-state index contributed by atoms with van der Waals surface area (Å²) in [5, 5.41) is 4.86. The van der Waals surface area contributed by atoms with Gasteiger partial charge in [-0.2, -0.15) is 0 Å². The van der Waals surface area contributed by atoms with E-state index in [-0.39, 0.29) is 17.6 Å². The number of ether oxygens (including phenoxy) is 3. The van der Waals surface area contributed by atoms with Crippen molar-refractivity contribution in [1.29, 1.82) is 0 Å². The van der Waals surface area contributed by atoms with Gasteiger partial charge < -0.3 is 29.3 Å². The van der Waals surface area contributed by atoms with Crippen molar-refractivity contribution in [2.24, 2.45) is 0 Å². The second-order valence-electron chi connectivity index (χ2n) is 11.4. The molecule has 0 unspecified atom stereocenters. The molecule has 2 atom stereocenters. The average molecular weight is 638 g/mol. The molecule has 2 bridgehead atoms. The zero-order chi connectivity index (χ0) is 31.8. The topological polar surface area (TPSA) is 106 Å². The largest absolute Gasteiger partial charge is 0.493 e. The number of benzene rings is 3. The molecule has 3 aliphatic rings. The fourth-order valence-corrected chi connectivity index (χ4v) is 6.64. The molecule has 3 aromatic carbocycles. The van der Waals surface area contributed by atoms with Crippen LogP contribution < -0.4 is 24.6 Å². The van der Waals surface area contributed by atoms with E-state index in [0.717, 1.165) is 36.3 Å². The molecule has 11 heteroatoms. The highest BCUT2D eigenvalue weighted by Crippen LogP contribution is 2.42. The van der Waals surface area contributed by atoms with Gasteiger partial charge in [-0.15, -0.1) is 0 Å². The lowest BCUT2D eigenvalue weighted by molar-refractivity contribution is -0.113. The molecule has 1 aliphatic carbocycles. The van der Waals surface area contributed by atoms with Crippen molar-refractivity contribution in [1.82, 2.24) is 9.97 Å². The van der Waals surface area contributed by atoms with E-state index in [0.29, 0.717) is 63.9 Å². The third-order valence-electron chi connectivity index (χ3n) is 8.67. The molecule has 10 nitrogen and oxygen atoms in total. The number of ketones is 2. The van der Waals surface area contributed by atoms with Gasteiger partial charge in [-0.1, -0.05) is 11.6 Å². The first-order valence-corrected chi connectivity index (χ1v) is 15.4. The summed E-state index contributed by atoms with van der Waals surface area (Å²) in [6.07, 6.45) is 6.56. The normalized spacial score (nSPS) is 18.8. The minimum absolute atomic E-state index is 0.205. The number of hydrogen-bond acceptors (Lipinski definition) is 10. The van der Waals surface area contributed by atoms with Gasteiger partial charge in [-0.05, 0) is 73.2 Å². The highest BCUT2D eigenvalue weighted by Gasteiger charge is 2.44. The van der Waals surface area contributed by atoms with E-state index < -0.39 is 0 Å². The number of fused-ring (bicyclic) bond motifs is 3. The van der Waals surface area contributed by atoms with Gasteiger partial charge in [-0.3, -0.25) is 9.59 Å². The van der Waals surface area contributed by atoms with Crippen molar-refractivity contribution in [3.05, 3.63) is 89.7 Å². The minimum Gasteiger partial charge on any atom is -0.493 e. The molecule has 1 aromatic heterocycles. The van der Waals surface area contributed by atoms with Gasteiger partial charge >= 0.3 is 0 Å². The first kappa shape index (κ1) is 29.8. The fraction of sp³-hybridized carbons (Fsp3) is 0.257. The van der Waals surface area contributed by atoms with E-state index >= 15 is 0 Å². The molecule has 4 aromatic rings. The average Bonchev–Trinajstić information content (AvgIpc) is 3.68. The van der Waals surface area contributed by atoms with Crippen LogP contribution in [0.3, 0.4) is 0 Å².